The molecular weight excluding hydrogens is 360 g/mol. The lowest BCUT2D eigenvalue weighted by Crippen LogP contribution is -2.54. The lowest BCUT2D eigenvalue weighted by Gasteiger charge is -2.38. The Balaban J connectivity index is 1.85. The number of thioether (sulfide) groups is 1. The van der Waals surface area contributed by atoms with Crippen molar-refractivity contribution in [3.8, 4) is 0 Å². The van der Waals surface area contributed by atoms with Gasteiger partial charge in [-0.3, -0.25) is 14.5 Å². The van der Waals surface area contributed by atoms with Gasteiger partial charge in [0.1, 0.15) is 0 Å². The number of anilines is 1. The molecule has 1 N–H and O–H groups in total. The first-order valence-electron chi connectivity index (χ1n) is 8.66. The van der Waals surface area contributed by atoms with Gasteiger partial charge in [-0.05, 0) is 31.2 Å². The Bertz CT molecular complexity index is 617. The number of carbonyl (C=O) groups excluding carboxylic acids is 2. The average molecular weight is 385 g/mol. The van der Waals surface area contributed by atoms with Crippen molar-refractivity contribution < 1.29 is 18.4 Å². The number of nitrogens with zero attached hydrogens (tertiary/aromatic N) is 2. The summed E-state index contributed by atoms with van der Waals surface area (Å²) in [6, 6.07) is 6.03. The second-order valence-corrected chi connectivity index (χ2v) is 7.65. The molecule has 1 aromatic carbocycles. The maximum absolute atomic E-state index is 12.4. The van der Waals surface area contributed by atoms with Crippen LogP contribution in [-0.2, 0) is 9.59 Å². The van der Waals surface area contributed by atoms with Gasteiger partial charge in [0.15, 0.2) is 0 Å². The number of piperazine rings is 1. The Morgan fingerprint density at radius 2 is 1.62 bits per heavy atom. The summed E-state index contributed by atoms with van der Waals surface area (Å²) in [4.78, 5) is 28.8. The normalized spacial score (nSPS) is 16.8. The quantitative estimate of drug-likeness (QED) is 0.765. The smallest absolute Gasteiger partial charge is 0.288 e. The molecule has 8 heteroatoms. The van der Waals surface area contributed by atoms with Gasteiger partial charge in [0.25, 0.3) is 5.76 Å². The van der Waals surface area contributed by atoms with Gasteiger partial charge in [-0.25, -0.2) is 0 Å². The van der Waals surface area contributed by atoms with Crippen LogP contribution >= 0.6 is 11.8 Å². The van der Waals surface area contributed by atoms with Gasteiger partial charge in [0.05, 0.1) is 6.04 Å². The lowest BCUT2D eigenvalue weighted by atomic mass is 10.1. The second kappa shape index (κ2) is 9.32. The van der Waals surface area contributed by atoms with Crippen LogP contribution in [0.25, 0.3) is 0 Å². The first kappa shape index (κ1) is 20.6. The number of carbonyl (C=O) groups is 2. The molecule has 0 radical (unpaired) electrons. The van der Waals surface area contributed by atoms with E-state index < -0.39 is 5.76 Å². The van der Waals surface area contributed by atoms with E-state index in [4.69, 9.17) is 0 Å². The minimum Gasteiger partial charge on any atom is -0.340 e. The van der Waals surface area contributed by atoms with Crippen molar-refractivity contribution in [1.82, 2.24) is 9.80 Å². The topological polar surface area (TPSA) is 52.7 Å². The minimum absolute atomic E-state index is 0.0199. The third-order valence-electron chi connectivity index (χ3n) is 4.39. The van der Waals surface area contributed by atoms with Crippen LogP contribution in [0.1, 0.15) is 20.8 Å². The van der Waals surface area contributed by atoms with Crippen molar-refractivity contribution in [1.29, 1.82) is 0 Å². The zero-order valence-electron chi connectivity index (χ0n) is 15.2. The summed E-state index contributed by atoms with van der Waals surface area (Å²) in [6.45, 7) is 8.14. The number of halogens is 2. The number of rotatable bonds is 6. The zero-order chi connectivity index (χ0) is 19.3. The molecule has 1 aromatic rings. The molecule has 1 heterocycles. The second-order valence-electron chi connectivity index (χ2n) is 6.58. The molecule has 144 valence electrons. The van der Waals surface area contributed by atoms with Crippen LogP contribution < -0.4 is 5.32 Å². The third-order valence-corrected chi connectivity index (χ3v) is 5.12. The van der Waals surface area contributed by atoms with Crippen molar-refractivity contribution in [2.75, 3.05) is 31.5 Å². The average Bonchev–Trinajstić information content (AvgIpc) is 2.61. The Morgan fingerprint density at radius 3 is 2.12 bits per heavy atom. The van der Waals surface area contributed by atoms with E-state index in [1.54, 1.807) is 24.3 Å². The molecule has 5 nitrogen and oxygen atoms in total. The summed E-state index contributed by atoms with van der Waals surface area (Å²) in [5, 5.41) is 2.81. The molecule has 2 rings (SSSR count). The van der Waals surface area contributed by atoms with Crippen molar-refractivity contribution in [3.05, 3.63) is 24.3 Å². The highest BCUT2D eigenvalue weighted by molar-refractivity contribution is 7.99. The fourth-order valence-electron chi connectivity index (χ4n) is 2.83. The number of hydrogen-bond acceptors (Lipinski definition) is 4. The van der Waals surface area contributed by atoms with E-state index in [-0.39, 0.29) is 23.8 Å². The molecule has 1 aliphatic heterocycles. The van der Waals surface area contributed by atoms with Gasteiger partial charge in [0.2, 0.25) is 11.8 Å². The molecule has 0 bridgehead atoms. The van der Waals surface area contributed by atoms with Gasteiger partial charge in [-0.15, -0.1) is 0 Å². The number of alkyl halides is 2. The first-order valence-corrected chi connectivity index (χ1v) is 9.54. The molecule has 0 aromatic heterocycles. The Labute approximate surface area is 157 Å². The van der Waals surface area contributed by atoms with E-state index in [1.807, 2.05) is 30.6 Å². The van der Waals surface area contributed by atoms with Crippen molar-refractivity contribution in [3.63, 3.8) is 0 Å². The summed E-state index contributed by atoms with van der Waals surface area (Å²) >= 11 is 0.473. The summed E-state index contributed by atoms with van der Waals surface area (Å²) < 4.78 is 24.7. The van der Waals surface area contributed by atoms with Gasteiger partial charge in [-0.1, -0.05) is 25.6 Å². The summed E-state index contributed by atoms with van der Waals surface area (Å²) in [6.07, 6.45) is 0. The molecular formula is C18H25F2N3O2S. The highest BCUT2D eigenvalue weighted by Gasteiger charge is 2.28. The summed E-state index contributed by atoms with van der Waals surface area (Å²) in [5.74, 6) is -2.49. The highest BCUT2D eigenvalue weighted by Crippen LogP contribution is 2.26. The van der Waals surface area contributed by atoms with E-state index in [2.05, 4.69) is 5.32 Å². The van der Waals surface area contributed by atoms with E-state index in [9.17, 15) is 18.4 Å². The van der Waals surface area contributed by atoms with E-state index in [0.29, 0.717) is 48.5 Å². The molecule has 1 fully saturated rings. The van der Waals surface area contributed by atoms with E-state index >= 15 is 0 Å². The SMILES string of the molecule is CC(C)C(=O)N1CCN([C@H](C)C(=O)Nc2ccc(SC(F)F)cc2)CC1. The van der Waals surface area contributed by atoms with Gasteiger partial charge < -0.3 is 10.2 Å². The Kier molecular flexibility index (Phi) is 7.40. The lowest BCUT2D eigenvalue weighted by molar-refractivity contribution is -0.136. The fraction of sp³-hybridized carbons (Fsp3) is 0.556. The van der Waals surface area contributed by atoms with E-state index in [1.165, 1.54) is 0 Å². The maximum Gasteiger partial charge on any atom is 0.288 e. The van der Waals surface area contributed by atoms with E-state index in [0.717, 1.165) is 0 Å². The Morgan fingerprint density at radius 1 is 1.04 bits per heavy atom. The van der Waals surface area contributed by atoms with Gasteiger partial charge >= 0.3 is 0 Å². The number of amides is 2. The number of nitrogens with one attached hydrogen (secondary N) is 1. The summed E-state index contributed by atoms with van der Waals surface area (Å²) in [5.41, 5.74) is 0.578. The van der Waals surface area contributed by atoms with Crippen LogP contribution in [0.2, 0.25) is 0 Å². The van der Waals surface area contributed by atoms with Crippen LogP contribution in [0.15, 0.2) is 29.2 Å². The standard InChI is InChI=1S/C18H25F2N3O2S/c1-12(2)17(25)23-10-8-22(9-11-23)13(3)16(24)21-14-4-6-15(7-5-14)26-18(19)20/h4-7,12-13,18H,8-11H2,1-3H3,(H,21,24)/t13-/m1/s1. The molecule has 0 unspecified atom stereocenters. The predicted molar refractivity (Wildman–Crippen MR) is 99.4 cm³/mol. The monoisotopic (exact) mass is 385 g/mol. The minimum atomic E-state index is -2.46. The highest BCUT2D eigenvalue weighted by atomic mass is 32.2. The van der Waals surface area contributed by atoms with Crippen LogP contribution in [-0.4, -0.2) is 59.6 Å². The largest absolute Gasteiger partial charge is 0.340 e. The molecule has 2 amide bonds. The van der Waals surface area contributed by atoms with Crippen molar-refractivity contribution in [2.45, 2.75) is 37.5 Å². The van der Waals surface area contributed by atoms with Crippen molar-refractivity contribution >= 4 is 29.3 Å². The van der Waals surface area contributed by atoms with Crippen LogP contribution in [0.5, 0.6) is 0 Å². The van der Waals surface area contributed by atoms with Crippen LogP contribution in [0.3, 0.4) is 0 Å². The molecule has 26 heavy (non-hydrogen) atoms. The maximum atomic E-state index is 12.4. The van der Waals surface area contributed by atoms with Gasteiger partial charge in [0, 0.05) is 42.7 Å². The zero-order valence-corrected chi connectivity index (χ0v) is 16.1. The molecule has 1 atom stereocenters. The molecule has 0 spiro atoms. The number of benzene rings is 1. The van der Waals surface area contributed by atoms with Crippen LogP contribution in [0, 0.1) is 5.92 Å². The first-order chi connectivity index (χ1) is 12.3. The van der Waals surface area contributed by atoms with Gasteiger partial charge in [-0.2, -0.15) is 8.78 Å². The number of hydrogen-bond donors (Lipinski definition) is 1. The Hall–Kier alpha value is -1.67. The molecule has 0 saturated carbocycles. The summed E-state index contributed by atoms with van der Waals surface area (Å²) in [7, 11) is 0. The molecule has 1 aliphatic rings. The van der Waals surface area contributed by atoms with Crippen molar-refractivity contribution in [2.24, 2.45) is 5.92 Å². The molecule has 1 saturated heterocycles. The predicted octanol–water partition coefficient (Wildman–Crippen LogP) is 3.13. The third kappa shape index (κ3) is 5.67. The van der Waals surface area contributed by atoms with Crippen LogP contribution in [0.4, 0.5) is 14.5 Å². The fourth-order valence-corrected chi connectivity index (χ4v) is 3.33. The molecule has 0 aliphatic carbocycles.